The highest BCUT2D eigenvalue weighted by atomic mass is 32.1. The molecule has 3 aromatic carbocycles. The lowest BCUT2D eigenvalue weighted by Gasteiger charge is -2.06. The zero-order valence-corrected chi connectivity index (χ0v) is 16.8. The minimum absolute atomic E-state index is 0.352. The maximum absolute atomic E-state index is 12.3. The standard InChI is InChI=1S/C24H18N4OS/c25-27-23(29)22-14-19-8-4-5-9-21(19)28(22)24-26-20(15-30-24)18-12-10-17(11-13-18)16-6-2-1-3-7-16/h1-15H,25H2,(H,27,29). The van der Waals surface area contributed by atoms with Crippen molar-refractivity contribution >= 4 is 28.1 Å². The Hall–Kier alpha value is -3.74. The Balaban J connectivity index is 1.54. The van der Waals surface area contributed by atoms with Crippen LogP contribution in [0.5, 0.6) is 0 Å². The molecule has 0 atom stereocenters. The monoisotopic (exact) mass is 410 g/mol. The van der Waals surface area contributed by atoms with Gasteiger partial charge in [-0.2, -0.15) is 0 Å². The predicted molar refractivity (Wildman–Crippen MR) is 121 cm³/mol. The third kappa shape index (κ3) is 3.18. The van der Waals surface area contributed by atoms with E-state index in [1.807, 2.05) is 58.5 Å². The lowest BCUT2D eigenvalue weighted by molar-refractivity contribution is 0.0947. The van der Waals surface area contributed by atoms with Crippen LogP contribution in [0.15, 0.2) is 90.3 Å². The first-order valence-electron chi connectivity index (χ1n) is 9.48. The molecule has 2 heterocycles. The smallest absolute Gasteiger partial charge is 0.282 e. The van der Waals surface area contributed by atoms with Crippen molar-refractivity contribution in [2.24, 2.45) is 5.84 Å². The van der Waals surface area contributed by atoms with Crippen molar-refractivity contribution in [1.29, 1.82) is 0 Å². The van der Waals surface area contributed by atoms with Crippen LogP contribution in [-0.2, 0) is 0 Å². The Morgan fingerprint density at radius 2 is 1.53 bits per heavy atom. The molecule has 0 radical (unpaired) electrons. The van der Waals surface area contributed by atoms with Crippen molar-refractivity contribution < 1.29 is 4.79 Å². The van der Waals surface area contributed by atoms with Crippen LogP contribution in [0, 0.1) is 0 Å². The molecule has 30 heavy (non-hydrogen) atoms. The summed E-state index contributed by atoms with van der Waals surface area (Å²) in [5, 5.41) is 3.68. The summed E-state index contributed by atoms with van der Waals surface area (Å²) in [6, 6.07) is 28.3. The quantitative estimate of drug-likeness (QED) is 0.248. The van der Waals surface area contributed by atoms with Crippen LogP contribution >= 0.6 is 11.3 Å². The molecule has 0 aliphatic carbocycles. The lowest BCUT2D eigenvalue weighted by atomic mass is 10.0. The topological polar surface area (TPSA) is 72.9 Å². The van der Waals surface area contributed by atoms with Gasteiger partial charge in [-0.15, -0.1) is 11.3 Å². The molecule has 2 aromatic heterocycles. The number of benzene rings is 3. The van der Waals surface area contributed by atoms with E-state index in [9.17, 15) is 4.79 Å². The number of nitrogen functional groups attached to an aromatic ring is 1. The summed E-state index contributed by atoms with van der Waals surface area (Å²) in [6.45, 7) is 0. The van der Waals surface area contributed by atoms with Gasteiger partial charge < -0.3 is 0 Å². The maximum Gasteiger partial charge on any atom is 0.282 e. The Kier molecular flexibility index (Phi) is 4.63. The molecule has 0 fully saturated rings. The van der Waals surface area contributed by atoms with Crippen molar-refractivity contribution in [1.82, 2.24) is 15.0 Å². The van der Waals surface area contributed by atoms with E-state index in [1.165, 1.54) is 16.9 Å². The number of amides is 1. The molecule has 146 valence electrons. The number of nitrogens with one attached hydrogen (secondary N) is 1. The number of carbonyl (C=O) groups is 1. The van der Waals surface area contributed by atoms with Crippen LogP contribution in [0.1, 0.15) is 10.5 Å². The van der Waals surface area contributed by atoms with E-state index in [1.54, 1.807) is 0 Å². The summed E-state index contributed by atoms with van der Waals surface area (Å²) in [6.07, 6.45) is 0. The second-order valence-corrected chi connectivity index (χ2v) is 7.69. The highest BCUT2D eigenvalue weighted by Crippen LogP contribution is 2.30. The third-order valence-electron chi connectivity index (χ3n) is 5.05. The van der Waals surface area contributed by atoms with Crippen LogP contribution < -0.4 is 11.3 Å². The van der Waals surface area contributed by atoms with E-state index in [0.717, 1.165) is 32.9 Å². The van der Waals surface area contributed by atoms with E-state index >= 15 is 0 Å². The van der Waals surface area contributed by atoms with Crippen LogP contribution in [0.4, 0.5) is 0 Å². The van der Waals surface area contributed by atoms with Gasteiger partial charge in [0.25, 0.3) is 5.91 Å². The Morgan fingerprint density at radius 3 is 2.30 bits per heavy atom. The third-order valence-corrected chi connectivity index (χ3v) is 5.87. The molecule has 1 amide bonds. The number of hydrogen-bond donors (Lipinski definition) is 2. The first kappa shape index (κ1) is 18.3. The minimum atomic E-state index is -0.352. The van der Waals surface area contributed by atoms with Crippen LogP contribution in [0.3, 0.4) is 0 Å². The van der Waals surface area contributed by atoms with Crippen LogP contribution in [-0.4, -0.2) is 15.5 Å². The lowest BCUT2D eigenvalue weighted by Crippen LogP contribution is -2.31. The number of rotatable bonds is 4. The Bertz CT molecular complexity index is 1340. The molecule has 0 aliphatic heterocycles. The second-order valence-electron chi connectivity index (χ2n) is 6.86. The largest absolute Gasteiger partial charge is 0.289 e. The molecule has 0 saturated carbocycles. The van der Waals surface area contributed by atoms with Crippen molar-refractivity contribution in [2.45, 2.75) is 0 Å². The molecule has 0 aliphatic rings. The van der Waals surface area contributed by atoms with E-state index in [0.29, 0.717) is 5.69 Å². The Labute approximate surface area is 177 Å². The number of nitrogens with two attached hydrogens (primary N) is 1. The molecule has 0 spiro atoms. The average molecular weight is 411 g/mol. The highest BCUT2D eigenvalue weighted by Gasteiger charge is 2.18. The molecule has 0 unspecified atom stereocenters. The van der Waals surface area contributed by atoms with E-state index in [-0.39, 0.29) is 5.91 Å². The van der Waals surface area contributed by atoms with E-state index in [4.69, 9.17) is 10.8 Å². The van der Waals surface area contributed by atoms with Crippen molar-refractivity contribution in [2.75, 3.05) is 0 Å². The molecular formula is C24H18N4OS. The van der Waals surface area contributed by atoms with Crippen LogP contribution in [0.2, 0.25) is 0 Å². The summed E-state index contributed by atoms with van der Waals surface area (Å²) >= 11 is 1.49. The fourth-order valence-electron chi connectivity index (χ4n) is 3.57. The van der Waals surface area contributed by atoms with Crippen molar-refractivity contribution in [3.05, 3.63) is 96.0 Å². The van der Waals surface area contributed by atoms with Crippen molar-refractivity contribution in [3.63, 3.8) is 0 Å². The zero-order valence-electron chi connectivity index (χ0n) is 15.9. The number of thiazole rings is 1. The van der Waals surface area contributed by atoms with E-state index < -0.39 is 0 Å². The van der Waals surface area contributed by atoms with Gasteiger partial charge in [0.15, 0.2) is 5.13 Å². The van der Waals surface area contributed by atoms with Gasteiger partial charge >= 0.3 is 0 Å². The van der Waals surface area contributed by atoms with Gasteiger partial charge in [-0.25, -0.2) is 10.8 Å². The summed E-state index contributed by atoms with van der Waals surface area (Å²) in [4.78, 5) is 17.2. The number of nitrogens with zero attached hydrogens (tertiary/aromatic N) is 2. The number of carbonyl (C=O) groups excluding carboxylic acids is 1. The zero-order chi connectivity index (χ0) is 20.5. The van der Waals surface area contributed by atoms with E-state index in [2.05, 4.69) is 41.8 Å². The summed E-state index contributed by atoms with van der Waals surface area (Å²) in [7, 11) is 0. The summed E-state index contributed by atoms with van der Waals surface area (Å²) in [5.74, 6) is 5.05. The van der Waals surface area contributed by atoms with Gasteiger partial charge in [-0.05, 0) is 23.3 Å². The highest BCUT2D eigenvalue weighted by molar-refractivity contribution is 7.12. The predicted octanol–water partition coefficient (Wildman–Crippen LogP) is 5.02. The number of para-hydroxylation sites is 1. The normalized spacial score (nSPS) is 11.0. The molecule has 3 N–H and O–H groups in total. The molecule has 5 nitrogen and oxygen atoms in total. The molecule has 5 rings (SSSR count). The minimum Gasteiger partial charge on any atom is -0.289 e. The number of hydrogen-bond acceptors (Lipinski definition) is 4. The second kappa shape index (κ2) is 7.59. The van der Waals surface area contributed by atoms with Gasteiger partial charge in [-0.3, -0.25) is 14.8 Å². The first-order chi connectivity index (χ1) is 14.7. The molecule has 6 heteroatoms. The van der Waals surface area contributed by atoms with Gasteiger partial charge in [0.1, 0.15) is 5.69 Å². The Morgan fingerprint density at radius 1 is 0.867 bits per heavy atom. The van der Waals surface area contributed by atoms with Gasteiger partial charge in [0, 0.05) is 16.3 Å². The molecular weight excluding hydrogens is 392 g/mol. The summed E-state index contributed by atoms with van der Waals surface area (Å²) < 4.78 is 1.85. The molecule has 0 bridgehead atoms. The SMILES string of the molecule is NNC(=O)c1cc2ccccc2n1-c1nc(-c2ccc(-c3ccccc3)cc2)cs1. The van der Waals surface area contributed by atoms with Gasteiger partial charge in [-0.1, -0.05) is 72.8 Å². The number of fused-ring (bicyclic) bond motifs is 1. The maximum atomic E-state index is 12.3. The average Bonchev–Trinajstić information content (AvgIpc) is 3.44. The number of aromatic nitrogens is 2. The number of hydrazine groups is 1. The summed E-state index contributed by atoms with van der Waals surface area (Å²) in [5.41, 5.74) is 7.83. The molecule has 5 aromatic rings. The van der Waals surface area contributed by atoms with Crippen LogP contribution in [0.25, 0.3) is 38.4 Å². The van der Waals surface area contributed by atoms with Gasteiger partial charge in [0.2, 0.25) is 0 Å². The van der Waals surface area contributed by atoms with Gasteiger partial charge in [0.05, 0.1) is 11.2 Å². The fourth-order valence-corrected chi connectivity index (χ4v) is 4.42. The fraction of sp³-hybridized carbons (Fsp3) is 0. The molecule has 0 saturated heterocycles. The first-order valence-corrected chi connectivity index (χ1v) is 10.4. The van der Waals surface area contributed by atoms with Crippen molar-refractivity contribution in [3.8, 4) is 27.5 Å².